The van der Waals surface area contributed by atoms with Crippen LogP contribution in [0.3, 0.4) is 0 Å². The summed E-state index contributed by atoms with van der Waals surface area (Å²) in [5, 5.41) is 3.49. The van der Waals surface area contributed by atoms with Gasteiger partial charge in [-0.1, -0.05) is 19.4 Å². The minimum absolute atomic E-state index is 0.170. The third kappa shape index (κ3) is 5.40. The minimum Gasteiger partial charge on any atom is -0.488 e. The first kappa shape index (κ1) is 15.5. The van der Waals surface area contributed by atoms with Gasteiger partial charge in [0.25, 0.3) is 0 Å². The van der Waals surface area contributed by atoms with E-state index < -0.39 is 0 Å². The van der Waals surface area contributed by atoms with Crippen molar-refractivity contribution < 1.29 is 4.74 Å². The summed E-state index contributed by atoms with van der Waals surface area (Å²) in [6.45, 7) is 9.48. The number of nitrogens with one attached hydrogen (secondary N) is 1. The summed E-state index contributed by atoms with van der Waals surface area (Å²) >= 11 is 3.54. The van der Waals surface area contributed by atoms with Gasteiger partial charge in [0.1, 0.15) is 11.9 Å². The van der Waals surface area contributed by atoms with Crippen molar-refractivity contribution in [2.75, 3.05) is 6.54 Å². The van der Waals surface area contributed by atoms with Gasteiger partial charge in [0.15, 0.2) is 0 Å². The summed E-state index contributed by atoms with van der Waals surface area (Å²) < 4.78 is 6.94. The van der Waals surface area contributed by atoms with Crippen LogP contribution in [-0.2, 0) is 0 Å². The fourth-order valence-electron chi connectivity index (χ4n) is 1.86. The molecule has 3 heteroatoms. The fraction of sp³-hybridized carbons (Fsp3) is 0.600. The van der Waals surface area contributed by atoms with Crippen molar-refractivity contribution in [2.45, 2.75) is 52.7 Å². The van der Waals surface area contributed by atoms with Crippen molar-refractivity contribution in [3.63, 3.8) is 0 Å². The summed E-state index contributed by atoms with van der Waals surface area (Å²) in [7, 11) is 0. The Hall–Kier alpha value is -0.540. The predicted molar refractivity (Wildman–Crippen MR) is 81.3 cm³/mol. The van der Waals surface area contributed by atoms with E-state index in [1.807, 2.05) is 6.07 Å². The van der Waals surface area contributed by atoms with Crippen LogP contribution >= 0.6 is 15.9 Å². The Bertz CT molecular complexity index is 368. The highest BCUT2D eigenvalue weighted by molar-refractivity contribution is 9.10. The van der Waals surface area contributed by atoms with E-state index in [9.17, 15) is 0 Å². The number of rotatable bonds is 7. The van der Waals surface area contributed by atoms with Gasteiger partial charge in [-0.2, -0.15) is 0 Å². The minimum atomic E-state index is 0.170. The molecule has 0 amide bonds. The number of benzene rings is 1. The van der Waals surface area contributed by atoms with Crippen LogP contribution in [0.4, 0.5) is 0 Å². The maximum atomic E-state index is 5.92. The zero-order valence-electron chi connectivity index (χ0n) is 11.8. The smallest absolute Gasteiger partial charge is 0.133 e. The molecule has 0 aliphatic carbocycles. The first-order chi connectivity index (χ1) is 8.52. The lowest BCUT2D eigenvalue weighted by atomic mass is 10.2. The van der Waals surface area contributed by atoms with Crippen LogP contribution < -0.4 is 10.1 Å². The third-order valence-electron chi connectivity index (χ3n) is 2.89. The van der Waals surface area contributed by atoms with E-state index in [1.165, 1.54) is 18.4 Å². The largest absolute Gasteiger partial charge is 0.488 e. The number of aryl methyl sites for hydroxylation is 1. The van der Waals surface area contributed by atoms with Crippen LogP contribution in [0.5, 0.6) is 5.75 Å². The van der Waals surface area contributed by atoms with Gasteiger partial charge in [-0.3, -0.25) is 0 Å². The molecule has 0 bridgehead atoms. The SMILES string of the molecule is CCCC(C)NCC(C)Oc1ccc(C)cc1Br. The summed E-state index contributed by atoms with van der Waals surface area (Å²) in [5.74, 6) is 0.915. The molecule has 18 heavy (non-hydrogen) atoms. The maximum Gasteiger partial charge on any atom is 0.133 e. The molecule has 2 unspecified atom stereocenters. The molecule has 2 atom stereocenters. The van der Waals surface area contributed by atoms with Crippen molar-refractivity contribution >= 4 is 15.9 Å². The molecule has 0 fully saturated rings. The topological polar surface area (TPSA) is 21.3 Å². The van der Waals surface area contributed by atoms with Crippen molar-refractivity contribution in [3.8, 4) is 5.75 Å². The monoisotopic (exact) mass is 313 g/mol. The Morgan fingerprint density at radius 2 is 2.06 bits per heavy atom. The lowest BCUT2D eigenvalue weighted by Gasteiger charge is -2.19. The predicted octanol–water partition coefficient (Wildman–Crippen LogP) is 4.30. The van der Waals surface area contributed by atoms with Crippen LogP contribution in [0.1, 0.15) is 39.2 Å². The maximum absolute atomic E-state index is 5.92. The van der Waals surface area contributed by atoms with Gasteiger partial charge >= 0.3 is 0 Å². The molecule has 0 spiro atoms. The van der Waals surface area contributed by atoms with Gasteiger partial charge in [-0.15, -0.1) is 0 Å². The Morgan fingerprint density at radius 3 is 2.67 bits per heavy atom. The Kier molecular flexibility index (Phi) is 6.72. The number of hydrogen-bond acceptors (Lipinski definition) is 2. The first-order valence-corrected chi connectivity index (χ1v) is 7.48. The van der Waals surface area contributed by atoms with Gasteiger partial charge in [-0.25, -0.2) is 0 Å². The second-order valence-electron chi connectivity index (χ2n) is 4.96. The highest BCUT2D eigenvalue weighted by Crippen LogP contribution is 2.26. The van der Waals surface area contributed by atoms with E-state index in [1.54, 1.807) is 0 Å². The van der Waals surface area contributed by atoms with Crippen LogP contribution in [0.15, 0.2) is 22.7 Å². The van der Waals surface area contributed by atoms with Crippen LogP contribution in [0.25, 0.3) is 0 Å². The molecule has 0 aromatic heterocycles. The van der Waals surface area contributed by atoms with Crippen LogP contribution in [-0.4, -0.2) is 18.7 Å². The molecule has 1 N–H and O–H groups in total. The summed E-state index contributed by atoms with van der Waals surface area (Å²) in [6.07, 6.45) is 2.59. The number of ether oxygens (including phenoxy) is 1. The quantitative estimate of drug-likeness (QED) is 0.810. The molecule has 0 saturated carbocycles. The molecule has 0 heterocycles. The Balaban J connectivity index is 2.42. The van der Waals surface area contributed by atoms with E-state index in [2.05, 4.69) is 61.1 Å². The molecular weight excluding hydrogens is 290 g/mol. The molecule has 2 nitrogen and oxygen atoms in total. The molecule has 1 rings (SSSR count). The molecule has 1 aromatic rings. The van der Waals surface area contributed by atoms with Crippen molar-refractivity contribution in [1.82, 2.24) is 5.32 Å². The highest BCUT2D eigenvalue weighted by atomic mass is 79.9. The zero-order chi connectivity index (χ0) is 13.5. The second kappa shape index (κ2) is 7.80. The van der Waals surface area contributed by atoms with Crippen molar-refractivity contribution in [3.05, 3.63) is 28.2 Å². The highest BCUT2D eigenvalue weighted by Gasteiger charge is 2.08. The zero-order valence-corrected chi connectivity index (χ0v) is 13.4. The third-order valence-corrected chi connectivity index (χ3v) is 3.51. The summed E-state index contributed by atoms with van der Waals surface area (Å²) in [5.41, 5.74) is 1.23. The standard InChI is InChI=1S/C15H24BrNO/c1-5-6-12(3)17-10-13(4)18-15-8-7-11(2)9-14(15)16/h7-9,12-13,17H,5-6,10H2,1-4H3. The summed E-state index contributed by atoms with van der Waals surface area (Å²) in [6, 6.07) is 6.73. The molecule has 102 valence electrons. The first-order valence-electron chi connectivity index (χ1n) is 6.69. The van der Waals surface area contributed by atoms with E-state index in [4.69, 9.17) is 4.74 Å². The lowest BCUT2D eigenvalue weighted by molar-refractivity contribution is 0.210. The van der Waals surface area contributed by atoms with Crippen LogP contribution in [0.2, 0.25) is 0 Å². The summed E-state index contributed by atoms with van der Waals surface area (Å²) in [4.78, 5) is 0. The average Bonchev–Trinajstić information content (AvgIpc) is 2.31. The van der Waals surface area contributed by atoms with Gasteiger partial charge in [0.05, 0.1) is 4.47 Å². The van der Waals surface area contributed by atoms with E-state index in [0.717, 1.165) is 16.8 Å². The van der Waals surface area contributed by atoms with E-state index in [0.29, 0.717) is 6.04 Å². The van der Waals surface area contributed by atoms with E-state index >= 15 is 0 Å². The number of halogens is 1. The molecule has 0 aliphatic heterocycles. The van der Waals surface area contributed by atoms with Crippen LogP contribution in [0, 0.1) is 6.92 Å². The molecule has 1 aromatic carbocycles. The van der Waals surface area contributed by atoms with Crippen molar-refractivity contribution in [1.29, 1.82) is 0 Å². The molecule has 0 aliphatic rings. The molecule has 0 radical (unpaired) electrons. The van der Waals surface area contributed by atoms with Gasteiger partial charge in [0, 0.05) is 12.6 Å². The number of hydrogen-bond donors (Lipinski definition) is 1. The van der Waals surface area contributed by atoms with Crippen molar-refractivity contribution in [2.24, 2.45) is 0 Å². The Morgan fingerprint density at radius 1 is 1.33 bits per heavy atom. The van der Waals surface area contributed by atoms with Gasteiger partial charge in [0.2, 0.25) is 0 Å². The lowest BCUT2D eigenvalue weighted by Crippen LogP contribution is -2.35. The van der Waals surface area contributed by atoms with Gasteiger partial charge in [-0.05, 0) is 60.8 Å². The molecular formula is C15H24BrNO. The normalized spacial score (nSPS) is 14.3. The Labute approximate surface area is 119 Å². The fourth-order valence-corrected chi connectivity index (χ4v) is 2.45. The van der Waals surface area contributed by atoms with Gasteiger partial charge < -0.3 is 10.1 Å². The average molecular weight is 314 g/mol. The molecule has 0 saturated heterocycles. The second-order valence-corrected chi connectivity index (χ2v) is 5.81. The van der Waals surface area contributed by atoms with E-state index in [-0.39, 0.29) is 6.10 Å².